The molecule has 268 valence electrons. The van der Waals surface area contributed by atoms with Crippen molar-refractivity contribution >= 4 is 23.9 Å². The standard InChI is InChI=1S/C22H30O25/c1-35-15-3(7(23)24)38-20(12(32)41-15)46-17-5(9(27)28)40-22(14(34)43-17)47-18-6(10(29)30)39-21(13(33)44-18)45-16-4(8(25)26)37-19(36-2)11(31)42-16/h3-6,11-22,31-34H,1-2H3,(H,23,24)(H,25,26)(H,27,28)(H,29,30)/t3?,4?,5?,6?,11?,12?,13?,14?,15-,16+,17+,18+,19+,20-,21-,22-/m1/s1. The molecule has 0 bridgehead atoms. The van der Waals surface area contributed by atoms with Gasteiger partial charge in [0.05, 0.1) is 0 Å². The van der Waals surface area contributed by atoms with E-state index in [1.165, 1.54) is 0 Å². The number of aliphatic hydroxyl groups is 4. The van der Waals surface area contributed by atoms with Crippen LogP contribution in [0.4, 0.5) is 0 Å². The highest BCUT2D eigenvalue weighted by Gasteiger charge is 2.53. The third-order valence-corrected chi connectivity index (χ3v) is 6.38. The molecule has 0 aromatic rings. The van der Waals surface area contributed by atoms with Crippen molar-refractivity contribution in [3.8, 4) is 0 Å². The molecule has 4 fully saturated rings. The lowest BCUT2D eigenvalue weighted by molar-refractivity contribution is -0.471. The van der Waals surface area contributed by atoms with Crippen molar-refractivity contribution in [2.24, 2.45) is 0 Å². The Morgan fingerprint density at radius 3 is 0.894 bits per heavy atom. The molecule has 0 aromatic carbocycles. The van der Waals surface area contributed by atoms with Crippen molar-refractivity contribution < 1.29 is 122 Å². The Labute approximate surface area is 260 Å². The number of carboxylic acids is 4. The van der Waals surface area contributed by atoms with Crippen LogP contribution in [0.1, 0.15) is 0 Å². The van der Waals surface area contributed by atoms with Crippen LogP contribution in [-0.4, -0.2) is 179 Å². The Morgan fingerprint density at radius 2 is 0.617 bits per heavy atom. The number of aliphatic hydroxyl groups excluding tert-OH is 4. The maximum Gasteiger partial charge on any atom is 0.338 e. The number of carboxylic acid groups (broad SMARTS) is 4. The molecule has 4 rings (SSSR count). The van der Waals surface area contributed by atoms with Crippen molar-refractivity contribution in [3.63, 3.8) is 0 Å². The zero-order valence-corrected chi connectivity index (χ0v) is 23.8. The van der Waals surface area contributed by atoms with Gasteiger partial charge in [0.1, 0.15) is 0 Å². The Morgan fingerprint density at radius 1 is 0.383 bits per heavy atom. The predicted octanol–water partition coefficient (Wildman–Crippen LogP) is -5.79. The van der Waals surface area contributed by atoms with Crippen LogP contribution in [0.15, 0.2) is 0 Å². The molecule has 4 aliphatic rings. The summed E-state index contributed by atoms with van der Waals surface area (Å²) in [6, 6.07) is 0. The molecule has 4 saturated heterocycles. The van der Waals surface area contributed by atoms with Gasteiger partial charge in [0.2, 0.25) is 93.6 Å². The van der Waals surface area contributed by atoms with Crippen LogP contribution in [0, 0.1) is 0 Å². The summed E-state index contributed by atoms with van der Waals surface area (Å²) in [5, 5.41) is 78.9. The number of carbonyl (C=O) groups is 4. The van der Waals surface area contributed by atoms with E-state index in [1.54, 1.807) is 0 Å². The Kier molecular flexibility index (Phi) is 12.3. The van der Waals surface area contributed by atoms with Gasteiger partial charge in [-0.05, 0) is 0 Å². The molecule has 8 unspecified atom stereocenters. The first kappa shape index (κ1) is 37.0. The topological polar surface area (TPSA) is 350 Å². The maximum absolute atomic E-state index is 12.0. The monoisotopic (exact) mass is 694 g/mol. The summed E-state index contributed by atoms with van der Waals surface area (Å²) in [5.74, 6) is -6.98. The smallest absolute Gasteiger partial charge is 0.338 e. The highest BCUT2D eigenvalue weighted by molar-refractivity contribution is 5.74. The molecular formula is C22H30O25. The third kappa shape index (κ3) is 8.44. The van der Waals surface area contributed by atoms with Crippen molar-refractivity contribution in [2.45, 2.75) is 99.9 Å². The fraction of sp³-hybridized carbons (Fsp3) is 0.818. The molecule has 0 amide bonds. The van der Waals surface area contributed by atoms with Crippen molar-refractivity contribution in [2.75, 3.05) is 14.2 Å². The Balaban J connectivity index is 1.41. The summed E-state index contributed by atoms with van der Waals surface area (Å²) in [6.07, 6.45) is -32.8. The van der Waals surface area contributed by atoms with Crippen LogP contribution in [0.2, 0.25) is 0 Å². The van der Waals surface area contributed by atoms with E-state index in [0.29, 0.717) is 0 Å². The zero-order chi connectivity index (χ0) is 34.7. The summed E-state index contributed by atoms with van der Waals surface area (Å²) >= 11 is 0. The summed E-state index contributed by atoms with van der Waals surface area (Å²) in [7, 11) is 2.12. The van der Waals surface area contributed by atoms with Crippen LogP contribution in [-0.2, 0) is 80.8 Å². The molecule has 0 radical (unpaired) electrons. The van der Waals surface area contributed by atoms with E-state index >= 15 is 0 Å². The lowest BCUT2D eigenvalue weighted by atomic mass is 10.2. The summed E-state index contributed by atoms with van der Waals surface area (Å²) < 4.78 is 65.3. The molecule has 4 heterocycles. The fourth-order valence-corrected chi connectivity index (χ4v) is 4.25. The van der Waals surface area contributed by atoms with E-state index in [-0.39, 0.29) is 0 Å². The summed E-state index contributed by atoms with van der Waals surface area (Å²) in [5.41, 5.74) is 0. The van der Waals surface area contributed by atoms with Crippen LogP contribution >= 0.6 is 0 Å². The summed E-state index contributed by atoms with van der Waals surface area (Å²) in [6.45, 7) is 0. The van der Waals surface area contributed by atoms with E-state index in [2.05, 4.69) is 0 Å². The number of aliphatic carboxylic acids is 4. The number of methoxy groups -OCH3 is 2. The van der Waals surface area contributed by atoms with Gasteiger partial charge in [0, 0.05) is 14.2 Å². The first-order chi connectivity index (χ1) is 22.1. The Bertz CT molecular complexity index is 1120. The van der Waals surface area contributed by atoms with Crippen LogP contribution in [0.5, 0.6) is 0 Å². The van der Waals surface area contributed by atoms with Crippen LogP contribution in [0.25, 0.3) is 0 Å². The normalized spacial score (nSPS) is 44.4. The molecule has 16 atom stereocenters. The largest absolute Gasteiger partial charge is 0.479 e. The van der Waals surface area contributed by atoms with Gasteiger partial charge in [-0.2, -0.15) is 0 Å². The molecule has 0 aliphatic carbocycles. The van der Waals surface area contributed by atoms with Crippen molar-refractivity contribution in [1.82, 2.24) is 0 Å². The minimum Gasteiger partial charge on any atom is -0.479 e. The van der Waals surface area contributed by atoms with Gasteiger partial charge in [-0.25, -0.2) is 19.2 Å². The number of hydrogen-bond acceptors (Lipinski definition) is 21. The van der Waals surface area contributed by atoms with E-state index in [9.17, 15) is 60.0 Å². The minimum atomic E-state index is -2.32. The molecule has 0 saturated carbocycles. The molecule has 0 spiro atoms. The van der Waals surface area contributed by atoms with E-state index < -0.39 is 124 Å². The second-order valence-electron chi connectivity index (χ2n) is 9.51. The van der Waals surface area contributed by atoms with E-state index in [4.69, 9.17) is 61.6 Å². The van der Waals surface area contributed by atoms with Crippen LogP contribution in [0.3, 0.4) is 0 Å². The van der Waals surface area contributed by atoms with Gasteiger partial charge in [0.15, 0.2) is 6.29 Å². The Hall–Kier alpha value is -2.80. The quantitative estimate of drug-likeness (QED) is 0.0943. The minimum absolute atomic E-state index is 1.05. The van der Waals surface area contributed by atoms with Gasteiger partial charge >= 0.3 is 23.9 Å². The number of rotatable bonds is 12. The molecule has 25 heteroatoms. The van der Waals surface area contributed by atoms with Crippen molar-refractivity contribution in [1.29, 1.82) is 0 Å². The van der Waals surface area contributed by atoms with Gasteiger partial charge in [0.25, 0.3) is 0 Å². The molecule has 0 aromatic heterocycles. The highest BCUT2D eigenvalue weighted by Crippen LogP contribution is 2.31. The second kappa shape index (κ2) is 15.6. The number of ether oxygens (including phenoxy) is 13. The summed E-state index contributed by atoms with van der Waals surface area (Å²) in [4.78, 5) is 46.9. The molecule has 47 heavy (non-hydrogen) atoms. The number of hydrogen-bond donors (Lipinski definition) is 8. The van der Waals surface area contributed by atoms with Gasteiger partial charge in [-0.15, -0.1) is 0 Å². The van der Waals surface area contributed by atoms with Gasteiger partial charge in [-0.1, -0.05) is 0 Å². The van der Waals surface area contributed by atoms with E-state index in [0.717, 1.165) is 14.2 Å². The lowest BCUT2D eigenvalue weighted by Gasteiger charge is -2.44. The zero-order valence-electron chi connectivity index (χ0n) is 23.8. The SMILES string of the molecule is CO[C@H]1OC(C(=O)O)[C@H](O[C@H]2OC(C(=O)O)[C@H](O[C@H]3OC(C(=O)O)[C@H](O[C@H]4OC(C(=O)O)[C@H](OC)OC4O)OC3O)OC2O)OC1O. The average molecular weight is 694 g/mol. The van der Waals surface area contributed by atoms with Gasteiger partial charge < -0.3 is 102 Å². The molecule has 4 aliphatic heterocycles. The second-order valence-corrected chi connectivity index (χ2v) is 9.51. The first-order valence-corrected chi connectivity index (χ1v) is 13.0. The van der Waals surface area contributed by atoms with Gasteiger partial charge in [-0.3, -0.25) is 0 Å². The average Bonchev–Trinajstić information content (AvgIpc) is 2.99. The highest BCUT2D eigenvalue weighted by atomic mass is 16.9. The van der Waals surface area contributed by atoms with E-state index in [1.807, 2.05) is 0 Å². The maximum atomic E-state index is 12.0. The molecular weight excluding hydrogens is 664 g/mol. The third-order valence-electron chi connectivity index (χ3n) is 6.38. The van der Waals surface area contributed by atoms with Crippen molar-refractivity contribution in [3.05, 3.63) is 0 Å². The first-order valence-electron chi connectivity index (χ1n) is 13.0. The van der Waals surface area contributed by atoms with Crippen LogP contribution < -0.4 is 0 Å². The fourth-order valence-electron chi connectivity index (χ4n) is 4.25. The predicted molar refractivity (Wildman–Crippen MR) is 126 cm³/mol. The lowest BCUT2D eigenvalue weighted by Crippen LogP contribution is -2.62. The molecule has 25 nitrogen and oxygen atoms in total. The molecule has 8 N–H and O–H groups in total.